The summed E-state index contributed by atoms with van der Waals surface area (Å²) < 4.78 is 0. The predicted molar refractivity (Wildman–Crippen MR) is 70.6 cm³/mol. The molecule has 6 heteroatoms. The number of nitrogens with zero attached hydrogens (tertiary/aromatic N) is 3. The minimum absolute atomic E-state index is 0.224. The van der Waals surface area contributed by atoms with E-state index in [0.717, 1.165) is 0 Å². The molecule has 0 aliphatic heterocycles. The minimum atomic E-state index is -0.282. The lowest BCUT2D eigenvalue weighted by molar-refractivity contribution is 0.0993. The van der Waals surface area contributed by atoms with Crippen molar-refractivity contribution in [3.63, 3.8) is 0 Å². The molecular weight excluding hydrogens is 252 g/mol. The van der Waals surface area contributed by atoms with E-state index in [1.807, 2.05) is 0 Å². The quantitative estimate of drug-likeness (QED) is 0.840. The van der Waals surface area contributed by atoms with Crippen LogP contribution in [0.25, 0.3) is 0 Å². The first-order chi connectivity index (χ1) is 8.59. The van der Waals surface area contributed by atoms with Gasteiger partial charge in [-0.3, -0.25) is 9.69 Å². The number of amides is 1. The number of nitrogen functional groups attached to an aromatic ring is 1. The molecule has 92 valence electrons. The van der Waals surface area contributed by atoms with E-state index in [0.29, 0.717) is 11.4 Å². The monoisotopic (exact) mass is 262 g/mol. The molecule has 1 amide bonds. The highest BCUT2D eigenvalue weighted by Crippen LogP contribution is 2.19. The molecule has 18 heavy (non-hydrogen) atoms. The number of anilines is 2. The first kappa shape index (κ1) is 12.3. The van der Waals surface area contributed by atoms with Crippen LogP contribution < -0.4 is 10.6 Å². The molecule has 2 aromatic rings. The van der Waals surface area contributed by atoms with E-state index in [1.54, 1.807) is 31.4 Å². The average Bonchev–Trinajstić information content (AvgIpc) is 2.41. The van der Waals surface area contributed by atoms with Crippen molar-refractivity contribution in [2.75, 3.05) is 17.7 Å². The van der Waals surface area contributed by atoms with Gasteiger partial charge in [-0.1, -0.05) is 17.7 Å². The molecule has 2 rings (SSSR count). The van der Waals surface area contributed by atoms with Crippen LogP contribution in [0.15, 0.2) is 36.7 Å². The Labute approximate surface area is 109 Å². The van der Waals surface area contributed by atoms with Gasteiger partial charge in [0.05, 0.1) is 17.4 Å². The van der Waals surface area contributed by atoms with Gasteiger partial charge in [0.15, 0.2) is 0 Å². The van der Waals surface area contributed by atoms with Gasteiger partial charge >= 0.3 is 0 Å². The summed E-state index contributed by atoms with van der Waals surface area (Å²) in [6, 6.07) is 6.75. The largest absolute Gasteiger partial charge is 0.397 e. The number of pyridine rings is 2. The molecular formula is C12H11ClN4O. The molecule has 0 saturated carbocycles. The van der Waals surface area contributed by atoms with Crippen LogP contribution in [-0.2, 0) is 0 Å². The topological polar surface area (TPSA) is 72.1 Å². The molecule has 5 nitrogen and oxygen atoms in total. The molecule has 0 aromatic carbocycles. The van der Waals surface area contributed by atoms with Gasteiger partial charge in [0, 0.05) is 13.2 Å². The third-order valence-corrected chi connectivity index (χ3v) is 2.64. The fraction of sp³-hybridized carbons (Fsp3) is 0.0833. The van der Waals surface area contributed by atoms with Crippen LogP contribution in [0.5, 0.6) is 0 Å². The second-order valence-electron chi connectivity index (χ2n) is 3.65. The zero-order valence-electron chi connectivity index (χ0n) is 9.67. The molecule has 0 unspecified atom stereocenters. The third kappa shape index (κ3) is 2.41. The number of hydrogen-bond donors (Lipinski definition) is 1. The minimum Gasteiger partial charge on any atom is -0.397 e. The molecule has 2 heterocycles. The highest BCUT2D eigenvalue weighted by atomic mass is 35.5. The highest BCUT2D eigenvalue weighted by molar-refractivity contribution is 6.30. The van der Waals surface area contributed by atoms with Crippen molar-refractivity contribution in [3.05, 3.63) is 47.4 Å². The van der Waals surface area contributed by atoms with Gasteiger partial charge in [-0.15, -0.1) is 0 Å². The fourth-order valence-corrected chi connectivity index (χ4v) is 1.62. The average molecular weight is 263 g/mol. The standard InChI is InChI=1S/C12H11ClN4O/c1-17(11-4-2-3-5-15-11)12(18)8-6-10(13)16-7-9(8)14/h2-7H,14H2,1H3. The van der Waals surface area contributed by atoms with Crippen LogP contribution in [0.3, 0.4) is 0 Å². The molecule has 0 fully saturated rings. The van der Waals surface area contributed by atoms with E-state index in [1.165, 1.54) is 17.2 Å². The Morgan fingerprint density at radius 2 is 2.17 bits per heavy atom. The van der Waals surface area contributed by atoms with Crippen molar-refractivity contribution in [1.82, 2.24) is 9.97 Å². The van der Waals surface area contributed by atoms with Crippen LogP contribution in [0, 0.1) is 0 Å². The Morgan fingerprint density at radius 1 is 1.39 bits per heavy atom. The molecule has 0 bridgehead atoms. The Kier molecular flexibility index (Phi) is 3.43. The predicted octanol–water partition coefficient (Wildman–Crippen LogP) is 1.99. The lowest BCUT2D eigenvalue weighted by Gasteiger charge is -2.16. The van der Waals surface area contributed by atoms with E-state index in [-0.39, 0.29) is 16.7 Å². The van der Waals surface area contributed by atoms with Gasteiger partial charge in [0.2, 0.25) is 0 Å². The van der Waals surface area contributed by atoms with Gasteiger partial charge in [-0.25, -0.2) is 9.97 Å². The van der Waals surface area contributed by atoms with E-state index < -0.39 is 0 Å². The summed E-state index contributed by atoms with van der Waals surface area (Å²) in [6.45, 7) is 0. The Hall–Kier alpha value is -2.14. The number of hydrogen-bond acceptors (Lipinski definition) is 4. The Bertz CT molecular complexity index is 574. The highest BCUT2D eigenvalue weighted by Gasteiger charge is 2.17. The molecule has 2 aromatic heterocycles. The van der Waals surface area contributed by atoms with Gasteiger partial charge in [-0.2, -0.15) is 0 Å². The van der Waals surface area contributed by atoms with Crippen molar-refractivity contribution in [2.24, 2.45) is 0 Å². The molecule has 0 aliphatic rings. The summed E-state index contributed by atoms with van der Waals surface area (Å²) in [4.78, 5) is 21.5. The van der Waals surface area contributed by atoms with Crippen LogP contribution in [0.2, 0.25) is 5.15 Å². The van der Waals surface area contributed by atoms with Crippen molar-refractivity contribution >= 4 is 29.0 Å². The zero-order valence-corrected chi connectivity index (χ0v) is 10.4. The van der Waals surface area contributed by atoms with Gasteiger partial charge in [0.25, 0.3) is 5.91 Å². The van der Waals surface area contributed by atoms with E-state index in [9.17, 15) is 4.79 Å². The van der Waals surface area contributed by atoms with E-state index in [4.69, 9.17) is 17.3 Å². The second-order valence-corrected chi connectivity index (χ2v) is 4.03. The third-order valence-electron chi connectivity index (χ3n) is 2.43. The summed E-state index contributed by atoms with van der Waals surface area (Å²) >= 11 is 5.76. The van der Waals surface area contributed by atoms with Gasteiger partial charge < -0.3 is 5.73 Å². The summed E-state index contributed by atoms with van der Waals surface area (Å²) in [5, 5.41) is 0.224. The zero-order chi connectivity index (χ0) is 13.1. The number of rotatable bonds is 2. The number of carbonyl (C=O) groups is 1. The second kappa shape index (κ2) is 5.01. The Morgan fingerprint density at radius 3 is 2.83 bits per heavy atom. The Balaban J connectivity index is 2.34. The van der Waals surface area contributed by atoms with Crippen molar-refractivity contribution < 1.29 is 4.79 Å². The maximum absolute atomic E-state index is 12.2. The van der Waals surface area contributed by atoms with Gasteiger partial charge in [-0.05, 0) is 18.2 Å². The molecule has 0 atom stereocenters. The number of halogens is 1. The molecule has 0 radical (unpaired) electrons. The van der Waals surface area contributed by atoms with E-state index in [2.05, 4.69) is 9.97 Å². The summed E-state index contributed by atoms with van der Waals surface area (Å²) in [7, 11) is 1.62. The van der Waals surface area contributed by atoms with Crippen molar-refractivity contribution in [3.8, 4) is 0 Å². The molecule has 2 N–H and O–H groups in total. The lowest BCUT2D eigenvalue weighted by Crippen LogP contribution is -2.27. The summed E-state index contributed by atoms with van der Waals surface area (Å²) in [5.41, 5.74) is 6.31. The number of carbonyl (C=O) groups excluding carboxylic acids is 1. The SMILES string of the molecule is CN(C(=O)c1cc(Cl)ncc1N)c1ccccn1. The first-order valence-electron chi connectivity index (χ1n) is 5.19. The van der Waals surface area contributed by atoms with Crippen molar-refractivity contribution in [1.29, 1.82) is 0 Å². The van der Waals surface area contributed by atoms with Gasteiger partial charge in [0.1, 0.15) is 11.0 Å². The maximum atomic E-state index is 12.2. The fourth-order valence-electron chi connectivity index (χ4n) is 1.46. The number of aromatic nitrogens is 2. The van der Waals surface area contributed by atoms with Crippen molar-refractivity contribution in [2.45, 2.75) is 0 Å². The van der Waals surface area contributed by atoms with Crippen LogP contribution >= 0.6 is 11.6 Å². The summed E-state index contributed by atoms with van der Waals surface area (Å²) in [6.07, 6.45) is 2.98. The maximum Gasteiger partial charge on any atom is 0.261 e. The normalized spacial score (nSPS) is 10.1. The first-order valence-corrected chi connectivity index (χ1v) is 5.57. The smallest absolute Gasteiger partial charge is 0.261 e. The van der Waals surface area contributed by atoms with E-state index >= 15 is 0 Å². The van der Waals surface area contributed by atoms with Crippen LogP contribution in [0.1, 0.15) is 10.4 Å². The molecule has 0 saturated heterocycles. The molecule has 0 aliphatic carbocycles. The number of nitrogens with two attached hydrogens (primary N) is 1. The lowest BCUT2D eigenvalue weighted by atomic mass is 10.2. The van der Waals surface area contributed by atoms with Crippen LogP contribution in [0.4, 0.5) is 11.5 Å². The summed E-state index contributed by atoms with van der Waals surface area (Å²) in [5.74, 6) is 0.255. The van der Waals surface area contributed by atoms with Crippen LogP contribution in [-0.4, -0.2) is 22.9 Å². The molecule has 0 spiro atoms.